The van der Waals surface area contributed by atoms with Crippen LogP contribution in [0.4, 0.5) is 0 Å². The summed E-state index contributed by atoms with van der Waals surface area (Å²) in [5.74, 6) is -0.236. The van der Waals surface area contributed by atoms with E-state index in [0.29, 0.717) is 11.3 Å². The summed E-state index contributed by atoms with van der Waals surface area (Å²) in [5.41, 5.74) is 2.02. The number of benzene rings is 1. The number of carboxylic acids is 1. The topological polar surface area (TPSA) is 37.3 Å². The van der Waals surface area contributed by atoms with Gasteiger partial charge in [0.1, 0.15) is 0 Å². The molecule has 0 amide bonds. The maximum atomic E-state index is 10.8. The molecule has 0 heterocycles. The average molecular weight is 208 g/mol. The van der Waals surface area contributed by atoms with E-state index in [0.717, 1.165) is 11.1 Å². The SMILES string of the molecule is Cc1ccc(C=CCS)cc1C(=O)O. The van der Waals surface area contributed by atoms with Crippen LogP contribution in [0.2, 0.25) is 0 Å². The van der Waals surface area contributed by atoms with Crippen molar-refractivity contribution in [2.75, 3.05) is 5.75 Å². The number of hydrogen-bond donors (Lipinski definition) is 2. The van der Waals surface area contributed by atoms with Gasteiger partial charge in [-0.1, -0.05) is 24.3 Å². The third-order valence-corrected chi connectivity index (χ3v) is 2.12. The van der Waals surface area contributed by atoms with Gasteiger partial charge >= 0.3 is 5.97 Å². The molecule has 1 N–H and O–H groups in total. The normalized spacial score (nSPS) is 10.7. The van der Waals surface area contributed by atoms with Crippen molar-refractivity contribution in [3.63, 3.8) is 0 Å². The maximum absolute atomic E-state index is 10.8. The quantitative estimate of drug-likeness (QED) is 0.749. The van der Waals surface area contributed by atoms with Gasteiger partial charge in [0.25, 0.3) is 0 Å². The summed E-state index contributed by atoms with van der Waals surface area (Å²) >= 11 is 4.03. The van der Waals surface area contributed by atoms with E-state index < -0.39 is 5.97 Å². The van der Waals surface area contributed by atoms with Gasteiger partial charge in [-0.2, -0.15) is 12.6 Å². The second-order valence-electron chi connectivity index (χ2n) is 2.96. The van der Waals surface area contributed by atoms with Crippen LogP contribution in [-0.2, 0) is 0 Å². The van der Waals surface area contributed by atoms with Crippen LogP contribution in [0.3, 0.4) is 0 Å². The third-order valence-electron chi connectivity index (χ3n) is 1.91. The number of rotatable bonds is 3. The molecule has 0 aliphatic heterocycles. The summed E-state index contributed by atoms with van der Waals surface area (Å²) in [5, 5.41) is 8.88. The van der Waals surface area contributed by atoms with E-state index in [1.165, 1.54) is 0 Å². The van der Waals surface area contributed by atoms with Crippen LogP contribution >= 0.6 is 12.6 Å². The Morgan fingerprint density at radius 3 is 2.86 bits per heavy atom. The smallest absolute Gasteiger partial charge is 0.335 e. The highest BCUT2D eigenvalue weighted by molar-refractivity contribution is 7.80. The van der Waals surface area contributed by atoms with E-state index >= 15 is 0 Å². The van der Waals surface area contributed by atoms with E-state index in [1.807, 2.05) is 24.3 Å². The van der Waals surface area contributed by atoms with Crippen molar-refractivity contribution in [2.45, 2.75) is 6.92 Å². The monoisotopic (exact) mass is 208 g/mol. The van der Waals surface area contributed by atoms with Gasteiger partial charge in [0.2, 0.25) is 0 Å². The lowest BCUT2D eigenvalue weighted by Gasteiger charge is -2.01. The molecule has 1 aromatic carbocycles. The Kier molecular flexibility index (Phi) is 3.77. The number of carboxylic acid groups (broad SMARTS) is 1. The van der Waals surface area contributed by atoms with Crippen molar-refractivity contribution in [1.29, 1.82) is 0 Å². The molecule has 3 heteroatoms. The Morgan fingerprint density at radius 2 is 2.29 bits per heavy atom. The Balaban J connectivity index is 3.06. The summed E-state index contributed by atoms with van der Waals surface area (Å²) < 4.78 is 0. The largest absolute Gasteiger partial charge is 0.478 e. The number of carbonyl (C=O) groups is 1. The van der Waals surface area contributed by atoms with Gasteiger partial charge in [0.05, 0.1) is 5.56 Å². The minimum Gasteiger partial charge on any atom is -0.478 e. The Bertz CT molecular complexity index is 370. The molecule has 2 nitrogen and oxygen atoms in total. The Hall–Kier alpha value is -1.22. The third kappa shape index (κ3) is 2.64. The summed E-state index contributed by atoms with van der Waals surface area (Å²) in [6.45, 7) is 1.79. The molecule has 0 aliphatic carbocycles. The van der Waals surface area contributed by atoms with Crippen LogP contribution in [0.1, 0.15) is 21.5 Å². The number of aryl methyl sites for hydroxylation is 1. The zero-order valence-corrected chi connectivity index (χ0v) is 8.79. The first kappa shape index (κ1) is 10.9. The first-order valence-corrected chi connectivity index (χ1v) is 4.89. The molecule has 1 aromatic rings. The molecule has 0 radical (unpaired) electrons. The summed E-state index contributed by atoms with van der Waals surface area (Å²) in [6.07, 6.45) is 3.73. The van der Waals surface area contributed by atoms with E-state index in [1.54, 1.807) is 13.0 Å². The molecule has 0 atom stereocenters. The van der Waals surface area contributed by atoms with Gasteiger partial charge in [-0.3, -0.25) is 0 Å². The van der Waals surface area contributed by atoms with Crippen LogP contribution in [0, 0.1) is 6.92 Å². The molecule has 0 saturated heterocycles. The van der Waals surface area contributed by atoms with Gasteiger partial charge < -0.3 is 5.11 Å². The van der Waals surface area contributed by atoms with E-state index in [-0.39, 0.29) is 0 Å². The molecule has 0 unspecified atom stereocenters. The zero-order valence-electron chi connectivity index (χ0n) is 7.90. The minimum absolute atomic E-state index is 0.353. The second kappa shape index (κ2) is 4.86. The highest BCUT2D eigenvalue weighted by Crippen LogP contribution is 2.12. The molecule has 0 aromatic heterocycles. The van der Waals surface area contributed by atoms with Crippen LogP contribution < -0.4 is 0 Å². The lowest BCUT2D eigenvalue weighted by Crippen LogP contribution is -1.99. The first-order chi connectivity index (χ1) is 6.65. The van der Waals surface area contributed by atoms with Crippen LogP contribution in [0.25, 0.3) is 6.08 Å². The summed E-state index contributed by atoms with van der Waals surface area (Å²) in [4.78, 5) is 10.8. The predicted molar refractivity (Wildman–Crippen MR) is 61.0 cm³/mol. The molecule has 0 spiro atoms. The molecule has 1 rings (SSSR count). The lowest BCUT2D eigenvalue weighted by molar-refractivity contribution is 0.0696. The van der Waals surface area contributed by atoms with E-state index in [2.05, 4.69) is 12.6 Å². The standard InChI is InChI=1S/C11H12O2S/c1-8-4-5-9(3-2-6-14)7-10(8)11(12)13/h2-5,7,14H,6H2,1H3,(H,12,13). The van der Waals surface area contributed by atoms with Gasteiger partial charge in [0.15, 0.2) is 0 Å². The maximum Gasteiger partial charge on any atom is 0.335 e. The van der Waals surface area contributed by atoms with Gasteiger partial charge in [-0.05, 0) is 24.1 Å². The second-order valence-corrected chi connectivity index (χ2v) is 3.33. The molecule has 0 aliphatic rings. The fraction of sp³-hybridized carbons (Fsp3) is 0.182. The van der Waals surface area contributed by atoms with Crippen molar-refractivity contribution >= 4 is 24.7 Å². The van der Waals surface area contributed by atoms with E-state index in [9.17, 15) is 4.79 Å². The Labute approximate surface area is 88.7 Å². The van der Waals surface area contributed by atoms with Crippen molar-refractivity contribution in [3.05, 3.63) is 41.0 Å². The fourth-order valence-electron chi connectivity index (χ4n) is 1.16. The number of hydrogen-bond acceptors (Lipinski definition) is 2. The molecule has 0 saturated carbocycles. The van der Waals surface area contributed by atoms with Crippen molar-refractivity contribution in [2.24, 2.45) is 0 Å². The minimum atomic E-state index is -0.886. The lowest BCUT2D eigenvalue weighted by atomic mass is 10.1. The van der Waals surface area contributed by atoms with Crippen LogP contribution in [0.15, 0.2) is 24.3 Å². The number of aromatic carboxylic acids is 1. The molecular weight excluding hydrogens is 196 g/mol. The van der Waals surface area contributed by atoms with Crippen molar-refractivity contribution in [1.82, 2.24) is 0 Å². The molecule has 0 bridgehead atoms. The average Bonchev–Trinajstić information content (AvgIpc) is 2.16. The molecule has 14 heavy (non-hydrogen) atoms. The highest BCUT2D eigenvalue weighted by Gasteiger charge is 2.05. The molecular formula is C11H12O2S. The first-order valence-electron chi connectivity index (χ1n) is 4.26. The molecule has 0 fully saturated rings. The van der Waals surface area contributed by atoms with Crippen molar-refractivity contribution < 1.29 is 9.90 Å². The fourth-order valence-corrected chi connectivity index (χ4v) is 1.27. The van der Waals surface area contributed by atoms with E-state index in [4.69, 9.17) is 5.11 Å². The summed E-state index contributed by atoms with van der Waals surface area (Å²) in [6, 6.07) is 5.36. The van der Waals surface area contributed by atoms with Crippen LogP contribution in [0.5, 0.6) is 0 Å². The zero-order chi connectivity index (χ0) is 10.6. The van der Waals surface area contributed by atoms with Gasteiger partial charge in [0, 0.05) is 5.75 Å². The van der Waals surface area contributed by atoms with Gasteiger partial charge in [-0.25, -0.2) is 4.79 Å². The highest BCUT2D eigenvalue weighted by atomic mass is 32.1. The summed E-state index contributed by atoms with van der Waals surface area (Å²) in [7, 11) is 0. The Morgan fingerprint density at radius 1 is 1.57 bits per heavy atom. The van der Waals surface area contributed by atoms with Crippen molar-refractivity contribution in [3.8, 4) is 0 Å². The molecule has 74 valence electrons. The van der Waals surface area contributed by atoms with Crippen LogP contribution in [-0.4, -0.2) is 16.8 Å². The van der Waals surface area contributed by atoms with Gasteiger partial charge in [-0.15, -0.1) is 0 Å². The predicted octanol–water partition coefficient (Wildman–Crippen LogP) is 2.64. The number of thiol groups is 1.